The minimum absolute atomic E-state index is 0.0479. The van der Waals surface area contributed by atoms with Gasteiger partial charge in [0.2, 0.25) is 21.8 Å². The predicted molar refractivity (Wildman–Crippen MR) is 137 cm³/mol. The van der Waals surface area contributed by atoms with Crippen molar-refractivity contribution in [2.24, 2.45) is 0 Å². The first-order valence-corrected chi connectivity index (χ1v) is 13.4. The van der Waals surface area contributed by atoms with E-state index in [0.717, 1.165) is 21.7 Å². The molecule has 0 saturated carbocycles. The van der Waals surface area contributed by atoms with Gasteiger partial charge in [-0.15, -0.1) is 0 Å². The van der Waals surface area contributed by atoms with Gasteiger partial charge in [0, 0.05) is 25.0 Å². The molecule has 0 fully saturated rings. The summed E-state index contributed by atoms with van der Waals surface area (Å²) in [5.41, 5.74) is 1.82. The van der Waals surface area contributed by atoms with Gasteiger partial charge >= 0.3 is 0 Å². The first-order chi connectivity index (χ1) is 16.2. The Hall–Kier alpha value is -2.94. The number of halogens is 1. The van der Waals surface area contributed by atoms with Crippen LogP contribution in [0.5, 0.6) is 0 Å². The molecule has 2 amide bonds. The van der Waals surface area contributed by atoms with Crippen LogP contribution in [0.1, 0.15) is 51.7 Å². The van der Waals surface area contributed by atoms with Crippen LogP contribution in [0.4, 0.5) is 10.1 Å². The molecule has 1 atom stereocenters. The second-order valence-electron chi connectivity index (χ2n) is 9.78. The maximum absolute atomic E-state index is 13.3. The van der Waals surface area contributed by atoms with Crippen LogP contribution in [-0.2, 0) is 26.2 Å². The van der Waals surface area contributed by atoms with E-state index in [1.54, 1.807) is 6.92 Å². The highest BCUT2D eigenvalue weighted by Gasteiger charge is 2.29. The SMILES string of the molecule is Cc1ccccc1CN(C(=O)CCCN(c1ccc(F)cc1)S(C)(=O)=O)C(C)C(=O)NC(C)(C)C. The number of nitrogens with zero attached hydrogens (tertiary/aromatic N) is 2. The summed E-state index contributed by atoms with van der Waals surface area (Å²) >= 11 is 0. The van der Waals surface area contributed by atoms with E-state index >= 15 is 0 Å². The van der Waals surface area contributed by atoms with E-state index < -0.39 is 27.4 Å². The summed E-state index contributed by atoms with van der Waals surface area (Å²) in [5, 5.41) is 2.92. The van der Waals surface area contributed by atoms with E-state index in [2.05, 4.69) is 5.32 Å². The van der Waals surface area contributed by atoms with Gasteiger partial charge in [-0.2, -0.15) is 0 Å². The molecule has 0 heterocycles. The largest absolute Gasteiger partial charge is 0.350 e. The summed E-state index contributed by atoms with van der Waals surface area (Å²) in [7, 11) is -3.63. The molecule has 1 N–H and O–H groups in total. The fourth-order valence-electron chi connectivity index (χ4n) is 3.64. The predicted octanol–water partition coefficient (Wildman–Crippen LogP) is 4.01. The van der Waals surface area contributed by atoms with E-state index in [9.17, 15) is 22.4 Å². The number of carbonyl (C=O) groups is 2. The second-order valence-corrected chi connectivity index (χ2v) is 11.7. The number of hydrogen-bond donors (Lipinski definition) is 1. The number of nitrogens with one attached hydrogen (secondary N) is 1. The topological polar surface area (TPSA) is 86.8 Å². The molecule has 0 bridgehead atoms. The molecule has 192 valence electrons. The molecule has 35 heavy (non-hydrogen) atoms. The maximum atomic E-state index is 13.3. The summed E-state index contributed by atoms with van der Waals surface area (Å²) in [5.74, 6) is -0.979. The zero-order valence-electron chi connectivity index (χ0n) is 21.3. The van der Waals surface area contributed by atoms with Crippen molar-refractivity contribution in [3.8, 4) is 0 Å². The quantitative estimate of drug-likeness (QED) is 0.529. The molecule has 2 rings (SSSR count). The van der Waals surface area contributed by atoms with E-state index in [4.69, 9.17) is 0 Å². The number of hydrogen-bond acceptors (Lipinski definition) is 4. The highest BCUT2D eigenvalue weighted by Crippen LogP contribution is 2.20. The number of aryl methyl sites for hydroxylation is 1. The fourth-order valence-corrected chi connectivity index (χ4v) is 4.60. The Bertz CT molecular complexity index is 1130. The van der Waals surface area contributed by atoms with Crippen LogP contribution >= 0.6 is 0 Å². The van der Waals surface area contributed by atoms with Gasteiger partial charge in [0.15, 0.2) is 0 Å². The fraction of sp³-hybridized carbons (Fsp3) is 0.462. The number of sulfonamides is 1. The van der Waals surface area contributed by atoms with Crippen LogP contribution in [0.25, 0.3) is 0 Å². The van der Waals surface area contributed by atoms with Gasteiger partial charge in [-0.1, -0.05) is 24.3 Å². The maximum Gasteiger partial charge on any atom is 0.242 e. The molecule has 0 spiro atoms. The van der Waals surface area contributed by atoms with Crippen LogP contribution in [0.15, 0.2) is 48.5 Å². The van der Waals surface area contributed by atoms with Crippen molar-refractivity contribution in [1.29, 1.82) is 0 Å². The Kier molecular flexibility index (Phi) is 9.43. The Morgan fingerprint density at radius 2 is 1.66 bits per heavy atom. The van der Waals surface area contributed by atoms with Crippen LogP contribution in [0.2, 0.25) is 0 Å². The summed E-state index contributed by atoms with van der Waals surface area (Å²) in [6.07, 6.45) is 1.36. The number of carbonyl (C=O) groups excluding carboxylic acids is 2. The molecule has 0 aromatic heterocycles. The van der Waals surface area contributed by atoms with Gasteiger partial charge in [0.1, 0.15) is 11.9 Å². The molecule has 9 heteroatoms. The van der Waals surface area contributed by atoms with Gasteiger partial charge in [-0.3, -0.25) is 13.9 Å². The molecule has 7 nitrogen and oxygen atoms in total. The zero-order chi connectivity index (χ0) is 26.4. The van der Waals surface area contributed by atoms with Crippen molar-refractivity contribution < 1.29 is 22.4 Å². The average molecular weight is 506 g/mol. The normalized spacial score (nSPS) is 12.7. The highest BCUT2D eigenvalue weighted by molar-refractivity contribution is 7.92. The molecule has 0 radical (unpaired) electrons. The van der Waals surface area contributed by atoms with Crippen molar-refractivity contribution in [3.05, 3.63) is 65.5 Å². The van der Waals surface area contributed by atoms with E-state index in [1.807, 2.05) is 52.0 Å². The van der Waals surface area contributed by atoms with Gasteiger partial charge in [0.05, 0.1) is 11.9 Å². The van der Waals surface area contributed by atoms with Crippen LogP contribution in [0.3, 0.4) is 0 Å². The van der Waals surface area contributed by atoms with Crippen molar-refractivity contribution in [1.82, 2.24) is 10.2 Å². The zero-order valence-corrected chi connectivity index (χ0v) is 22.2. The summed E-state index contributed by atoms with van der Waals surface area (Å²) < 4.78 is 39.1. The molecule has 0 aliphatic rings. The molecule has 0 aliphatic carbocycles. The third-order valence-corrected chi connectivity index (χ3v) is 6.73. The summed E-state index contributed by atoms with van der Waals surface area (Å²) in [4.78, 5) is 27.7. The lowest BCUT2D eigenvalue weighted by molar-refractivity contribution is -0.141. The lowest BCUT2D eigenvalue weighted by Crippen LogP contribution is -2.52. The highest BCUT2D eigenvalue weighted by atomic mass is 32.2. The number of anilines is 1. The number of amides is 2. The van der Waals surface area contributed by atoms with Gasteiger partial charge in [-0.25, -0.2) is 12.8 Å². The van der Waals surface area contributed by atoms with E-state index in [1.165, 1.54) is 29.2 Å². The molecular formula is C26H36FN3O4S. The minimum atomic E-state index is -3.63. The van der Waals surface area contributed by atoms with Crippen molar-refractivity contribution in [3.63, 3.8) is 0 Å². The third kappa shape index (κ3) is 8.65. The molecule has 0 aliphatic heterocycles. The lowest BCUT2D eigenvalue weighted by Gasteiger charge is -2.32. The Balaban J connectivity index is 2.19. The first-order valence-electron chi connectivity index (χ1n) is 11.6. The lowest BCUT2D eigenvalue weighted by atomic mass is 10.1. The summed E-state index contributed by atoms with van der Waals surface area (Å²) in [6, 6.07) is 12.1. The molecule has 2 aromatic carbocycles. The number of benzene rings is 2. The summed E-state index contributed by atoms with van der Waals surface area (Å²) in [6.45, 7) is 9.58. The van der Waals surface area contributed by atoms with Gasteiger partial charge in [-0.05, 0) is 76.4 Å². The Morgan fingerprint density at radius 3 is 2.20 bits per heavy atom. The van der Waals surface area contributed by atoms with Gasteiger partial charge in [0.25, 0.3) is 0 Å². The molecular weight excluding hydrogens is 469 g/mol. The number of rotatable bonds is 10. The van der Waals surface area contributed by atoms with Crippen molar-refractivity contribution in [2.75, 3.05) is 17.1 Å². The van der Waals surface area contributed by atoms with Crippen LogP contribution in [0, 0.1) is 12.7 Å². The second kappa shape index (κ2) is 11.7. The minimum Gasteiger partial charge on any atom is -0.350 e. The van der Waals surface area contributed by atoms with Crippen molar-refractivity contribution in [2.45, 2.75) is 65.6 Å². The average Bonchev–Trinajstić information content (AvgIpc) is 2.74. The first kappa shape index (κ1) is 28.3. The molecule has 0 saturated heterocycles. The van der Waals surface area contributed by atoms with E-state index in [-0.39, 0.29) is 37.7 Å². The van der Waals surface area contributed by atoms with E-state index in [0.29, 0.717) is 5.69 Å². The Labute approximate surface area is 208 Å². The Morgan fingerprint density at radius 1 is 1.06 bits per heavy atom. The van der Waals surface area contributed by atoms with Gasteiger partial charge < -0.3 is 10.2 Å². The molecule has 2 aromatic rings. The smallest absolute Gasteiger partial charge is 0.242 e. The van der Waals surface area contributed by atoms with Crippen LogP contribution < -0.4 is 9.62 Å². The standard InChI is InChI=1S/C26H36FN3O4S/c1-19-10-7-8-11-21(19)18-29(20(2)25(32)28-26(3,4)5)24(31)12-9-17-30(35(6,33)34)23-15-13-22(27)14-16-23/h7-8,10-11,13-16,20H,9,12,17-18H2,1-6H3,(H,28,32). The van der Waals surface area contributed by atoms with Crippen molar-refractivity contribution >= 4 is 27.5 Å². The molecule has 1 unspecified atom stereocenters. The van der Waals surface area contributed by atoms with Crippen LogP contribution in [-0.4, -0.2) is 49.5 Å². The monoisotopic (exact) mass is 505 g/mol. The third-order valence-electron chi connectivity index (χ3n) is 5.53.